The quantitative estimate of drug-likeness (QED) is 0.883. The maximum absolute atomic E-state index is 11.5. The number of aryl methyl sites for hydroxylation is 2. The summed E-state index contributed by atoms with van der Waals surface area (Å²) >= 11 is 0. The van der Waals surface area contributed by atoms with Gasteiger partial charge in [-0.3, -0.25) is 4.79 Å². The van der Waals surface area contributed by atoms with Gasteiger partial charge in [-0.1, -0.05) is 19.9 Å². The van der Waals surface area contributed by atoms with Crippen molar-refractivity contribution in [2.75, 3.05) is 7.11 Å². The van der Waals surface area contributed by atoms with E-state index in [4.69, 9.17) is 4.74 Å². The molecule has 0 bridgehead atoms. The van der Waals surface area contributed by atoms with Crippen LogP contribution in [0.3, 0.4) is 0 Å². The number of aromatic amines is 1. The lowest BCUT2D eigenvalue weighted by atomic mass is 9.91. The minimum absolute atomic E-state index is 0.0228. The van der Waals surface area contributed by atoms with Crippen molar-refractivity contribution in [1.29, 1.82) is 0 Å². The maximum Gasteiger partial charge on any atom is 0.248 e. The number of aromatic nitrogens is 3. The molecule has 0 amide bonds. The van der Waals surface area contributed by atoms with E-state index in [9.17, 15) is 4.79 Å². The first-order valence-corrected chi connectivity index (χ1v) is 8.56. The van der Waals surface area contributed by atoms with Crippen molar-refractivity contribution in [1.82, 2.24) is 20.1 Å². The molecular weight excluding hydrogens is 304 g/mol. The van der Waals surface area contributed by atoms with E-state index < -0.39 is 0 Å². The van der Waals surface area contributed by atoms with Crippen LogP contribution in [0.15, 0.2) is 16.9 Å². The number of hydrogen-bond acceptors (Lipinski definition) is 4. The molecule has 0 spiro atoms. The molecule has 2 aromatic heterocycles. The van der Waals surface area contributed by atoms with Crippen LogP contribution in [0.5, 0.6) is 5.88 Å². The number of pyridine rings is 1. The Morgan fingerprint density at radius 2 is 2.25 bits per heavy atom. The molecule has 1 aliphatic carbocycles. The van der Waals surface area contributed by atoms with Crippen LogP contribution in [-0.4, -0.2) is 21.9 Å². The molecule has 0 unspecified atom stereocenters. The second-order valence-corrected chi connectivity index (χ2v) is 6.73. The summed E-state index contributed by atoms with van der Waals surface area (Å²) in [7, 11) is 3.60. The summed E-state index contributed by atoms with van der Waals surface area (Å²) in [5.41, 5.74) is 4.43. The van der Waals surface area contributed by atoms with Gasteiger partial charge in [-0.05, 0) is 30.7 Å². The van der Waals surface area contributed by atoms with Crippen LogP contribution < -0.4 is 15.6 Å². The zero-order valence-electron chi connectivity index (χ0n) is 14.8. The van der Waals surface area contributed by atoms with Crippen molar-refractivity contribution < 1.29 is 4.74 Å². The van der Waals surface area contributed by atoms with Gasteiger partial charge in [-0.2, -0.15) is 5.10 Å². The van der Waals surface area contributed by atoms with Crippen molar-refractivity contribution in [3.63, 3.8) is 0 Å². The third kappa shape index (κ3) is 3.11. The molecule has 6 nitrogen and oxygen atoms in total. The van der Waals surface area contributed by atoms with Crippen LogP contribution in [0, 0.1) is 0 Å². The number of H-pyrrole nitrogens is 1. The van der Waals surface area contributed by atoms with Crippen LogP contribution >= 0.6 is 0 Å². The SMILES string of the molecule is COc1c(CN[C@@H]2CCCc3[nH]c(=O)ccc32)c(C(C)C)nn1C. The van der Waals surface area contributed by atoms with Gasteiger partial charge in [0, 0.05) is 31.4 Å². The average Bonchev–Trinajstić information content (AvgIpc) is 2.88. The van der Waals surface area contributed by atoms with Gasteiger partial charge in [-0.15, -0.1) is 0 Å². The Morgan fingerprint density at radius 1 is 1.46 bits per heavy atom. The summed E-state index contributed by atoms with van der Waals surface area (Å²) in [4.78, 5) is 14.5. The molecule has 24 heavy (non-hydrogen) atoms. The van der Waals surface area contributed by atoms with Gasteiger partial charge in [0.2, 0.25) is 11.4 Å². The Balaban J connectivity index is 1.84. The van der Waals surface area contributed by atoms with E-state index >= 15 is 0 Å². The fourth-order valence-electron chi connectivity index (χ4n) is 3.60. The normalized spacial score (nSPS) is 17.1. The average molecular weight is 330 g/mol. The minimum Gasteiger partial charge on any atom is -0.481 e. The van der Waals surface area contributed by atoms with Gasteiger partial charge in [0.05, 0.1) is 18.4 Å². The van der Waals surface area contributed by atoms with E-state index in [0.717, 1.165) is 42.1 Å². The number of methoxy groups -OCH3 is 1. The van der Waals surface area contributed by atoms with E-state index in [0.29, 0.717) is 12.5 Å². The molecule has 0 saturated heterocycles. The van der Waals surface area contributed by atoms with Crippen LogP contribution in [0.2, 0.25) is 0 Å². The van der Waals surface area contributed by atoms with Gasteiger partial charge >= 0.3 is 0 Å². The smallest absolute Gasteiger partial charge is 0.248 e. The molecule has 1 atom stereocenters. The van der Waals surface area contributed by atoms with Crippen LogP contribution in [0.4, 0.5) is 0 Å². The van der Waals surface area contributed by atoms with Crippen molar-refractivity contribution in [2.24, 2.45) is 7.05 Å². The highest BCUT2D eigenvalue weighted by atomic mass is 16.5. The molecule has 2 aromatic rings. The summed E-state index contributed by atoms with van der Waals surface area (Å²) in [5, 5.41) is 8.25. The summed E-state index contributed by atoms with van der Waals surface area (Å²) < 4.78 is 7.35. The number of ether oxygens (including phenoxy) is 1. The monoisotopic (exact) mass is 330 g/mol. The lowest BCUT2D eigenvalue weighted by Gasteiger charge is -2.26. The summed E-state index contributed by atoms with van der Waals surface area (Å²) in [5.74, 6) is 1.15. The van der Waals surface area contributed by atoms with Crippen molar-refractivity contribution in [3.8, 4) is 5.88 Å². The van der Waals surface area contributed by atoms with Gasteiger partial charge in [0.15, 0.2) is 0 Å². The second-order valence-electron chi connectivity index (χ2n) is 6.73. The number of nitrogens with one attached hydrogen (secondary N) is 2. The fraction of sp³-hybridized carbons (Fsp3) is 0.556. The van der Waals surface area contributed by atoms with Crippen molar-refractivity contribution >= 4 is 0 Å². The lowest BCUT2D eigenvalue weighted by molar-refractivity contribution is 0.365. The first kappa shape index (κ1) is 16.8. The summed E-state index contributed by atoms with van der Waals surface area (Å²) in [6.07, 6.45) is 3.08. The number of fused-ring (bicyclic) bond motifs is 1. The highest BCUT2D eigenvalue weighted by Crippen LogP contribution is 2.31. The summed E-state index contributed by atoms with van der Waals surface area (Å²) in [6, 6.07) is 3.81. The first-order valence-electron chi connectivity index (χ1n) is 8.56. The Hall–Kier alpha value is -2.08. The number of hydrogen-bond donors (Lipinski definition) is 2. The van der Waals surface area contributed by atoms with Gasteiger partial charge in [-0.25, -0.2) is 4.68 Å². The van der Waals surface area contributed by atoms with Crippen molar-refractivity contribution in [2.45, 2.75) is 51.6 Å². The lowest BCUT2D eigenvalue weighted by Crippen LogP contribution is -2.27. The van der Waals surface area contributed by atoms with E-state index in [1.807, 2.05) is 13.1 Å². The highest BCUT2D eigenvalue weighted by molar-refractivity contribution is 5.34. The molecule has 0 aromatic carbocycles. The minimum atomic E-state index is -0.0228. The molecular formula is C18H26N4O2. The Labute approximate surface area is 142 Å². The third-order valence-electron chi connectivity index (χ3n) is 4.72. The van der Waals surface area contributed by atoms with Gasteiger partial charge in [0.1, 0.15) is 0 Å². The largest absolute Gasteiger partial charge is 0.481 e. The second kappa shape index (κ2) is 6.81. The molecule has 6 heteroatoms. The van der Waals surface area contributed by atoms with Crippen LogP contribution in [0.1, 0.15) is 61.2 Å². The molecule has 0 saturated carbocycles. The Bertz CT molecular complexity index is 776. The predicted octanol–water partition coefficient (Wildman–Crippen LogP) is 2.41. The zero-order valence-corrected chi connectivity index (χ0v) is 14.8. The Morgan fingerprint density at radius 3 is 2.96 bits per heavy atom. The summed E-state index contributed by atoms with van der Waals surface area (Å²) in [6.45, 7) is 4.99. The third-order valence-corrected chi connectivity index (χ3v) is 4.72. The van der Waals surface area contributed by atoms with E-state index in [1.165, 1.54) is 5.56 Å². The highest BCUT2D eigenvalue weighted by Gasteiger charge is 2.23. The number of rotatable bonds is 5. The molecule has 0 radical (unpaired) electrons. The van der Waals surface area contributed by atoms with E-state index in [1.54, 1.807) is 17.9 Å². The zero-order chi connectivity index (χ0) is 17.3. The topological polar surface area (TPSA) is 71.9 Å². The van der Waals surface area contributed by atoms with E-state index in [2.05, 4.69) is 29.2 Å². The maximum atomic E-state index is 11.5. The molecule has 130 valence electrons. The van der Waals surface area contributed by atoms with Gasteiger partial charge in [0.25, 0.3) is 0 Å². The number of nitrogens with zero attached hydrogens (tertiary/aromatic N) is 2. The molecule has 3 rings (SSSR count). The molecule has 0 fully saturated rings. The molecule has 1 aliphatic rings. The van der Waals surface area contributed by atoms with Crippen LogP contribution in [-0.2, 0) is 20.0 Å². The standard InChI is InChI=1S/C18H26N4O2/c1-11(2)17-13(18(24-4)22(3)21-17)10-19-14-6-5-7-15-12(14)8-9-16(23)20-15/h8-9,11,14,19H,5-7,10H2,1-4H3,(H,20,23)/t14-/m1/s1. The molecule has 0 aliphatic heterocycles. The van der Waals surface area contributed by atoms with Crippen molar-refractivity contribution in [3.05, 3.63) is 45.0 Å². The van der Waals surface area contributed by atoms with Gasteiger partial charge < -0.3 is 15.0 Å². The van der Waals surface area contributed by atoms with Crippen LogP contribution in [0.25, 0.3) is 0 Å². The Kier molecular flexibility index (Phi) is 4.76. The predicted molar refractivity (Wildman–Crippen MR) is 93.4 cm³/mol. The molecule has 2 N–H and O–H groups in total. The van der Waals surface area contributed by atoms with E-state index in [-0.39, 0.29) is 11.6 Å². The first-order chi connectivity index (χ1) is 11.5. The molecule has 2 heterocycles. The fourth-order valence-corrected chi connectivity index (χ4v) is 3.60.